The van der Waals surface area contributed by atoms with E-state index >= 15 is 0 Å². The molecule has 0 unspecified atom stereocenters. The molecule has 0 saturated heterocycles. The number of fused-ring (bicyclic) bond motifs is 1. The van der Waals surface area contributed by atoms with Crippen LogP contribution in [0.25, 0.3) is 43.7 Å². The third-order valence-corrected chi connectivity index (χ3v) is 3.92. The van der Waals surface area contributed by atoms with E-state index in [1.165, 1.54) is 43.7 Å². The van der Waals surface area contributed by atoms with Crippen LogP contribution in [0.5, 0.6) is 0 Å². The number of hydrogen-bond acceptors (Lipinski definition) is 0. The predicted octanol–water partition coefficient (Wildman–Crippen LogP) is 4.45. The van der Waals surface area contributed by atoms with Crippen molar-refractivity contribution in [1.29, 1.82) is 0 Å². The van der Waals surface area contributed by atoms with E-state index in [1.54, 1.807) is 0 Å². The Morgan fingerprint density at radius 2 is 1.35 bits per heavy atom. The second-order valence-electron chi connectivity index (χ2n) is 4.74. The highest BCUT2D eigenvalue weighted by atomic mass is 14.7. The summed E-state index contributed by atoms with van der Waals surface area (Å²) in [5.74, 6) is 0. The van der Waals surface area contributed by atoms with Crippen molar-refractivity contribution in [3.05, 3.63) is 48.5 Å². The predicted molar refractivity (Wildman–Crippen MR) is 72.3 cm³/mol. The van der Waals surface area contributed by atoms with E-state index in [2.05, 4.69) is 53.5 Å². The molecule has 0 saturated carbocycles. The quantitative estimate of drug-likeness (QED) is 0.392. The molecule has 1 aromatic heterocycles. The van der Waals surface area contributed by atoms with Crippen LogP contribution in [0, 0.1) is 0 Å². The molecule has 4 aromatic rings. The lowest BCUT2D eigenvalue weighted by atomic mass is 10.0. The molecule has 0 radical (unpaired) electrons. The van der Waals surface area contributed by atoms with Crippen LogP contribution in [-0.2, 0) is 0 Å². The van der Waals surface area contributed by atoms with Gasteiger partial charge in [0.15, 0.2) is 0 Å². The summed E-state index contributed by atoms with van der Waals surface area (Å²) in [5, 5.41) is 5.56. The van der Waals surface area contributed by atoms with Crippen molar-refractivity contribution in [2.75, 3.05) is 0 Å². The van der Waals surface area contributed by atoms with Crippen LogP contribution >= 0.6 is 0 Å². The molecule has 5 rings (SSSR count). The highest BCUT2D eigenvalue weighted by Crippen LogP contribution is 2.47. The maximum Gasteiger partial charge on any atom is 0.0471 e. The molecular formula is C16H9N. The van der Waals surface area contributed by atoms with Gasteiger partial charge >= 0.3 is 0 Å². The Morgan fingerprint density at radius 3 is 2.29 bits per heavy atom. The van der Waals surface area contributed by atoms with E-state index in [0.29, 0.717) is 0 Å². The van der Waals surface area contributed by atoms with Gasteiger partial charge < -0.3 is 4.98 Å². The summed E-state index contributed by atoms with van der Waals surface area (Å²) in [5.41, 5.74) is 5.27. The van der Waals surface area contributed by atoms with Crippen molar-refractivity contribution in [2.24, 2.45) is 0 Å². The number of aromatic nitrogens is 1. The van der Waals surface area contributed by atoms with Gasteiger partial charge in [0.1, 0.15) is 0 Å². The summed E-state index contributed by atoms with van der Waals surface area (Å²) >= 11 is 0. The first-order valence-electron chi connectivity index (χ1n) is 5.90. The monoisotopic (exact) mass is 215 g/mol. The van der Waals surface area contributed by atoms with Crippen molar-refractivity contribution in [1.82, 2.24) is 4.98 Å². The fourth-order valence-corrected chi connectivity index (χ4v) is 3.26. The lowest BCUT2D eigenvalue weighted by molar-refractivity contribution is 1.54. The summed E-state index contributed by atoms with van der Waals surface area (Å²) in [6.45, 7) is 0. The van der Waals surface area contributed by atoms with Crippen LogP contribution in [0.4, 0.5) is 0 Å². The van der Waals surface area contributed by atoms with Gasteiger partial charge in [-0.3, -0.25) is 0 Å². The molecule has 1 N–H and O–H groups in total. The van der Waals surface area contributed by atoms with Crippen LogP contribution in [0.1, 0.15) is 0 Å². The van der Waals surface area contributed by atoms with Crippen LogP contribution in [0.2, 0.25) is 0 Å². The summed E-state index contributed by atoms with van der Waals surface area (Å²) in [6, 6.07) is 17.5. The topological polar surface area (TPSA) is 15.8 Å². The minimum absolute atomic E-state index is 1.25. The maximum absolute atomic E-state index is 3.50. The van der Waals surface area contributed by atoms with Crippen LogP contribution in [-0.4, -0.2) is 4.98 Å². The number of hydrogen-bond donors (Lipinski definition) is 1. The Hall–Kier alpha value is -2.28. The highest BCUT2D eigenvalue weighted by molar-refractivity contribution is 6.32. The molecule has 0 bridgehead atoms. The van der Waals surface area contributed by atoms with Crippen molar-refractivity contribution in [2.45, 2.75) is 0 Å². The Balaban J connectivity index is 2.33. The van der Waals surface area contributed by atoms with Gasteiger partial charge in [-0.2, -0.15) is 0 Å². The standard InChI is InChI=1S/C16H9N/c1-3-9-7-8-13-16-14(9)10(4-1)11-5-2-6-12(17-13)15(11)16/h1-8,17H. The van der Waals surface area contributed by atoms with Gasteiger partial charge in [0, 0.05) is 21.8 Å². The van der Waals surface area contributed by atoms with Crippen molar-refractivity contribution in [3.8, 4) is 11.1 Å². The lowest BCUT2D eigenvalue weighted by Gasteiger charge is -2.03. The van der Waals surface area contributed by atoms with Gasteiger partial charge in [-0.05, 0) is 34.0 Å². The van der Waals surface area contributed by atoms with E-state index in [1.807, 2.05) is 0 Å². The summed E-state index contributed by atoms with van der Waals surface area (Å²) < 4.78 is 0. The normalized spacial score (nSPS) is 12.7. The van der Waals surface area contributed by atoms with Gasteiger partial charge in [-0.15, -0.1) is 0 Å². The van der Waals surface area contributed by atoms with Crippen molar-refractivity contribution < 1.29 is 0 Å². The van der Waals surface area contributed by atoms with Gasteiger partial charge in [-0.25, -0.2) is 0 Å². The highest BCUT2D eigenvalue weighted by Gasteiger charge is 2.20. The Labute approximate surface area is 97.7 Å². The molecule has 1 aliphatic rings. The van der Waals surface area contributed by atoms with Gasteiger partial charge in [0.25, 0.3) is 0 Å². The zero-order valence-electron chi connectivity index (χ0n) is 9.12. The second-order valence-corrected chi connectivity index (χ2v) is 4.74. The molecule has 0 aliphatic heterocycles. The first-order chi connectivity index (χ1) is 8.43. The maximum atomic E-state index is 3.50. The van der Waals surface area contributed by atoms with Crippen LogP contribution < -0.4 is 0 Å². The molecule has 78 valence electrons. The lowest BCUT2D eigenvalue weighted by Crippen LogP contribution is -1.78. The van der Waals surface area contributed by atoms with Crippen molar-refractivity contribution in [3.63, 3.8) is 0 Å². The molecule has 0 fully saturated rings. The number of benzene rings is 3. The summed E-state index contributed by atoms with van der Waals surface area (Å²) in [6.07, 6.45) is 0. The largest absolute Gasteiger partial charge is 0.354 e. The smallest absolute Gasteiger partial charge is 0.0471 e. The first-order valence-corrected chi connectivity index (χ1v) is 5.90. The molecule has 1 aliphatic carbocycles. The Morgan fingerprint density at radius 1 is 0.588 bits per heavy atom. The second kappa shape index (κ2) is 2.35. The molecule has 1 nitrogen and oxygen atoms in total. The molecule has 0 amide bonds. The van der Waals surface area contributed by atoms with E-state index < -0.39 is 0 Å². The minimum atomic E-state index is 1.25. The first kappa shape index (κ1) is 7.91. The minimum Gasteiger partial charge on any atom is -0.354 e. The van der Waals surface area contributed by atoms with Gasteiger partial charge in [-0.1, -0.05) is 36.4 Å². The molecular weight excluding hydrogens is 206 g/mol. The molecule has 3 aromatic carbocycles. The number of aromatic amines is 1. The summed E-state index contributed by atoms with van der Waals surface area (Å²) in [4.78, 5) is 3.50. The zero-order chi connectivity index (χ0) is 11.0. The molecule has 1 heteroatoms. The van der Waals surface area contributed by atoms with E-state index in [9.17, 15) is 0 Å². The fourth-order valence-electron chi connectivity index (χ4n) is 3.26. The van der Waals surface area contributed by atoms with E-state index in [0.717, 1.165) is 0 Å². The molecule has 0 atom stereocenters. The fraction of sp³-hybridized carbons (Fsp3) is 0. The zero-order valence-corrected chi connectivity index (χ0v) is 9.12. The Bertz CT molecular complexity index is 922. The molecule has 17 heavy (non-hydrogen) atoms. The average Bonchev–Trinajstić information content (AvgIpc) is 2.91. The third kappa shape index (κ3) is 0.733. The van der Waals surface area contributed by atoms with E-state index in [4.69, 9.17) is 0 Å². The Kier molecular flexibility index (Phi) is 1.09. The van der Waals surface area contributed by atoms with E-state index in [-0.39, 0.29) is 0 Å². The molecule has 1 heterocycles. The van der Waals surface area contributed by atoms with Crippen molar-refractivity contribution >= 4 is 32.6 Å². The third-order valence-electron chi connectivity index (χ3n) is 3.92. The van der Waals surface area contributed by atoms with Gasteiger partial charge in [0.2, 0.25) is 0 Å². The SMILES string of the molecule is c1cc2c3c(c1)ccc1[nH]c4cccc-2c4c13. The van der Waals surface area contributed by atoms with Crippen LogP contribution in [0.15, 0.2) is 48.5 Å². The number of nitrogens with one attached hydrogen (secondary N) is 1. The number of rotatable bonds is 0. The average molecular weight is 215 g/mol. The van der Waals surface area contributed by atoms with Gasteiger partial charge in [0.05, 0.1) is 0 Å². The van der Waals surface area contributed by atoms with Crippen LogP contribution in [0.3, 0.4) is 0 Å². The summed E-state index contributed by atoms with van der Waals surface area (Å²) in [7, 11) is 0. The number of H-pyrrole nitrogens is 1. The molecule has 0 spiro atoms.